The molecule has 5 nitrogen and oxygen atoms in total. The number of carbonyl (C=O) groups is 2. The van der Waals surface area contributed by atoms with E-state index in [0.717, 1.165) is 10.0 Å². The van der Waals surface area contributed by atoms with Gasteiger partial charge in [0.2, 0.25) is 11.8 Å². The molecule has 6 heteroatoms. The molecule has 2 rings (SSSR count). The zero-order valence-corrected chi connectivity index (χ0v) is 12.2. The van der Waals surface area contributed by atoms with E-state index in [-0.39, 0.29) is 30.4 Å². The van der Waals surface area contributed by atoms with Crippen LogP contribution in [0.1, 0.15) is 18.5 Å². The van der Waals surface area contributed by atoms with Crippen LogP contribution in [0.15, 0.2) is 28.7 Å². The Balaban J connectivity index is 2.33. The zero-order valence-electron chi connectivity index (χ0n) is 10.6. The third-order valence-corrected chi connectivity index (χ3v) is 4.08. The first-order valence-electron chi connectivity index (χ1n) is 6.08. The molecule has 102 valence electrons. The molecule has 1 aliphatic rings. The van der Waals surface area contributed by atoms with E-state index in [1.54, 1.807) is 6.92 Å². The van der Waals surface area contributed by atoms with Gasteiger partial charge in [-0.1, -0.05) is 34.1 Å². The van der Waals surface area contributed by atoms with Crippen LogP contribution in [-0.4, -0.2) is 35.8 Å². The Hall–Kier alpha value is -1.24. The molecule has 1 aromatic carbocycles. The van der Waals surface area contributed by atoms with Crippen LogP contribution in [0.2, 0.25) is 0 Å². The Labute approximate surface area is 120 Å². The molecule has 1 aliphatic heterocycles. The molecule has 1 heterocycles. The van der Waals surface area contributed by atoms with Crippen molar-refractivity contribution in [3.8, 4) is 0 Å². The van der Waals surface area contributed by atoms with Gasteiger partial charge in [0.1, 0.15) is 0 Å². The fourth-order valence-corrected chi connectivity index (χ4v) is 2.85. The first kappa shape index (κ1) is 14.2. The van der Waals surface area contributed by atoms with Crippen LogP contribution in [0.5, 0.6) is 0 Å². The number of benzene rings is 1. The number of carbonyl (C=O) groups excluding carboxylic acids is 2. The number of rotatable bonds is 3. The molecule has 1 fully saturated rings. The second kappa shape index (κ2) is 5.81. The second-order valence-corrected chi connectivity index (χ2v) is 5.39. The monoisotopic (exact) mass is 325 g/mol. The van der Waals surface area contributed by atoms with Crippen LogP contribution in [0.3, 0.4) is 0 Å². The summed E-state index contributed by atoms with van der Waals surface area (Å²) >= 11 is 3.49. The minimum atomic E-state index is -0.377. The summed E-state index contributed by atoms with van der Waals surface area (Å²) in [6.07, 6.45) is 0. The summed E-state index contributed by atoms with van der Waals surface area (Å²) in [6, 6.07) is 7.16. The summed E-state index contributed by atoms with van der Waals surface area (Å²) in [7, 11) is 0. The highest BCUT2D eigenvalue weighted by Gasteiger charge is 2.35. The Morgan fingerprint density at radius 1 is 1.47 bits per heavy atom. The fourth-order valence-electron chi connectivity index (χ4n) is 2.30. The van der Waals surface area contributed by atoms with Gasteiger partial charge in [-0.05, 0) is 18.6 Å². The van der Waals surface area contributed by atoms with Gasteiger partial charge in [-0.2, -0.15) is 0 Å². The average molecular weight is 326 g/mol. The molecule has 0 saturated carbocycles. The van der Waals surface area contributed by atoms with Crippen molar-refractivity contribution < 1.29 is 9.59 Å². The van der Waals surface area contributed by atoms with Gasteiger partial charge in [0, 0.05) is 17.1 Å². The number of piperazine rings is 1. The van der Waals surface area contributed by atoms with Crippen molar-refractivity contribution in [1.29, 1.82) is 0 Å². The Kier molecular flexibility index (Phi) is 4.34. The van der Waals surface area contributed by atoms with Crippen LogP contribution in [0.4, 0.5) is 0 Å². The molecule has 0 aromatic heterocycles. The summed E-state index contributed by atoms with van der Waals surface area (Å²) in [4.78, 5) is 25.1. The highest BCUT2D eigenvalue weighted by atomic mass is 79.9. The number of halogens is 1. The Morgan fingerprint density at radius 2 is 2.16 bits per heavy atom. The molecule has 2 unspecified atom stereocenters. The van der Waals surface area contributed by atoms with E-state index in [4.69, 9.17) is 5.73 Å². The highest BCUT2D eigenvalue weighted by molar-refractivity contribution is 9.10. The number of imide groups is 1. The quantitative estimate of drug-likeness (QED) is 0.806. The first-order chi connectivity index (χ1) is 9.04. The van der Waals surface area contributed by atoms with E-state index in [1.165, 1.54) is 0 Å². The van der Waals surface area contributed by atoms with E-state index >= 15 is 0 Å². The van der Waals surface area contributed by atoms with Crippen LogP contribution in [-0.2, 0) is 9.59 Å². The largest absolute Gasteiger partial charge is 0.329 e. The van der Waals surface area contributed by atoms with Crippen molar-refractivity contribution in [3.05, 3.63) is 34.3 Å². The number of hydrogen-bond donors (Lipinski definition) is 2. The standard InChI is InChI=1S/C13H16BrN3O2/c1-8-13(19)16-12(18)7-17(8)11(6-15)9-4-2-3-5-10(9)14/h2-5,8,11H,6-7,15H2,1H3,(H,16,18,19). The number of hydrogen-bond acceptors (Lipinski definition) is 4. The summed E-state index contributed by atoms with van der Waals surface area (Å²) in [5, 5.41) is 2.33. The molecule has 2 atom stereocenters. The summed E-state index contributed by atoms with van der Waals surface area (Å²) < 4.78 is 0.927. The van der Waals surface area contributed by atoms with E-state index in [0.29, 0.717) is 6.54 Å². The Morgan fingerprint density at radius 3 is 2.79 bits per heavy atom. The predicted octanol–water partition coefficient (Wildman–Crippen LogP) is 0.796. The third kappa shape index (κ3) is 2.86. The average Bonchev–Trinajstić information content (AvgIpc) is 2.38. The molecule has 2 amide bonds. The minimum absolute atomic E-state index is 0.166. The smallest absolute Gasteiger partial charge is 0.243 e. The molecular formula is C13H16BrN3O2. The summed E-state index contributed by atoms with van der Waals surface area (Å²) in [6.45, 7) is 2.30. The minimum Gasteiger partial charge on any atom is -0.329 e. The van der Waals surface area contributed by atoms with E-state index < -0.39 is 0 Å². The van der Waals surface area contributed by atoms with Crippen LogP contribution >= 0.6 is 15.9 Å². The van der Waals surface area contributed by atoms with Crippen molar-refractivity contribution in [1.82, 2.24) is 10.2 Å². The van der Waals surface area contributed by atoms with E-state index in [2.05, 4.69) is 21.2 Å². The van der Waals surface area contributed by atoms with Crippen LogP contribution < -0.4 is 11.1 Å². The van der Waals surface area contributed by atoms with Crippen molar-refractivity contribution >= 4 is 27.7 Å². The first-order valence-corrected chi connectivity index (χ1v) is 6.87. The molecular weight excluding hydrogens is 310 g/mol. The summed E-state index contributed by atoms with van der Waals surface area (Å²) in [5.41, 5.74) is 6.84. The van der Waals surface area contributed by atoms with Crippen LogP contribution in [0.25, 0.3) is 0 Å². The third-order valence-electron chi connectivity index (χ3n) is 3.35. The molecule has 1 aromatic rings. The van der Waals surface area contributed by atoms with Gasteiger partial charge in [0.05, 0.1) is 12.6 Å². The van der Waals surface area contributed by atoms with Gasteiger partial charge < -0.3 is 5.73 Å². The molecule has 0 aliphatic carbocycles. The number of amides is 2. The molecule has 0 bridgehead atoms. The van der Waals surface area contributed by atoms with Crippen molar-refractivity contribution in [2.75, 3.05) is 13.1 Å². The molecule has 0 spiro atoms. The molecule has 1 saturated heterocycles. The maximum Gasteiger partial charge on any atom is 0.243 e. The van der Waals surface area contributed by atoms with Gasteiger partial charge in [0.15, 0.2) is 0 Å². The lowest BCUT2D eigenvalue weighted by Gasteiger charge is -2.38. The van der Waals surface area contributed by atoms with Crippen molar-refractivity contribution in [3.63, 3.8) is 0 Å². The van der Waals surface area contributed by atoms with Gasteiger partial charge in [-0.15, -0.1) is 0 Å². The predicted molar refractivity (Wildman–Crippen MR) is 75.3 cm³/mol. The van der Waals surface area contributed by atoms with Gasteiger partial charge in [-0.3, -0.25) is 19.8 Å². The molecule has 19 heavy (non-hydrogen) atoms. The van der Waals surface area contributed by atoms with E-state index in [1.807, 2.05) is 29.2 Å². The zero-order chi connectivity index (χ0) is 14.0. The van der Waals surface area contributed by atoms with Crippen molar-refractivity contribution in [2.24, 2.45) is 5.73 Å². The second-order valence-electron chi connectivity index (χ2n) is 4.53. The molecule has 0 radical (unpaired) electrons. The number of nitrogens with two attached hydrogens (primary N) is 1. The number of nitrogens with zero attached hydrogens (tertiary/aromatic N) is 1. The van der Waals surface area contributed by atoms with Gasteiger partial charge in [0.25, 0.3) is 0 Å². The van der Waals surface area contributed by atoms with Gasteiger partial charge in [-0.25, -0.2) is 0 Å². The maximum atomic E-state index is 11.7. The molecule has 3 N–H and O–H groups in total. The highest BCUT2D eigenvalue weighted by Crippen LogP contribution is 2.29. The lowest BCUT2D eigenvalue weighted by Crippen LogP contribution is -2.58. The summed E-state index contributed by atoms with van der Waals surface area (Å²) in [5.74, 6) is -0.560. The topological polar surface area (TPSA) is 75.4 Å². The van der Waals surface area contributed by atoms with Crippen LogP contribution in [0, 0.1) is 0 Å². The van der Waals surface area contributed by atoms with Crippen molar-refractivity contribution in [2.45, 2.75) is 19.0 Å². The maximum absolute atomic E-state index is 11.7. The van der Waals surface area contributed by atoms with E-state index in [9.17, 15) is 9.59 Å². The lowest BCUT2D eigenvalue weighted by molar-refractivity contribution is -0.140. The normalized spacial score (nSPS) is 22.2. The lowest BCUT2D eigenvalue weighted by atomic mass is 10.0. The SMILES string of the molecule is CC1C(=O)NC(=O)CN1C(CN)c1ccccc1Br. The van der Waals surface area contributed by atoms with Gasteiger partial charge >= 0.3 is 0 Å². The fraction of sp³-hybridized carbons (Fsp3) is 0.385. The number of nitrogens with one attached hydrogen (secondary N) is 1. The Bertz CT molecular complexity index is 506.